The summed E-state index contributed by atoms with van der Waals surface area (Å²) in [5.41, 5.74) is -2.14. The molecule has 1 aliphatic rings. The van der Waals surface area contributed by atoms with Crippen LogP contribution in [0, 0.1) is 12.7 Å². The second-order valence-electron chi connectivity index (χ2n) is 7.73. The predicted octanol–water partition coefficient (Wildman–Crippen LogP) is 4.74. The monoisotopic (exact) mass is 435 g/mol. The maximum atomic E-state index is 14.1. The molecule has 31 heavy (non-hydrogen) atoms. The molecule has 0 bridgehead atoms. The molecule has 5 nitrogen and oxygen atoms in total. The number of aryl methyl sites for hydroxylation is 1. The van der Waals surface area contributed by atoms with E-state index in [0.29, 0.717) is 23.6 Å². The molecule has 2 aromatic carbocycles. The molecule has 3 aromatic rings. The Balaban J connectivity index is 1.62. The molecule has 1 aliphatic heterocycles. The van der Waals surface area contributed by atoms with Crippen molar-refractivity contribution in [1.29, 1.82) is 0 Å². The number of alkyl halides is 3. The molecule has 2 atom stereocenters. The minimum Gasteiger partial charge on any atom is -0.493 e. The van der Waals surface area contributed by atoms with Gasteiger partial charge >= 0.3 is 6.18 Å². The highest BCUT2D eigenvalue weighted by atomic mass is 19.4. The van der Waals surface area contributed by atoms with Crippen LogP contribution >= 0.6 is 0 Å². The number of rotatable bonds is 5. The smallest absolute Gasteiger partial charge is 0.418 e. The standard InChI is InChI=1S/C22H21F4N3O2/c1-13-27-11-16-18(7-6-17(23)20(16)29-13)28-12-21(30,22(24,25)26)10-14-8-9-31-19-5-3-2-4-15(14)19/h2-7,11,14,28,30H,8-10,12H2,1H3. The normalized spacial score (nSPS) is 18.2. The number of ether oxygens (including phenoxy) is 1. The van der Waals surface area contributed by atoms with Gasteiger partial charge in [0, 0.05) is 17.3 Å². The second kappa shape index (κ2) is 7.96. The molecule has 0 fully saturated rings. The average Bonchev–Trinajstić information content (AvgIpc) is 2.73. The van der Waals surface area contributed by atoms with Crippen LogP contribution in [0.4, 0.5) is 23.2 Å². The highest BCUT2D eigenvalue weighted by molar-refractivity contribution is 5.91. The first-order valence-electron chi connectivity index (χ1n) is 9.84. The molecule has 1 aromatic heterocycles. The Bertz CT molecular complexity index is 1110. The predicted molar refractivity (Wildman–Crippen MR) is 108 cm³/mol. The van der Waals surface area contributed by atoms with Crippen molar-refractivity contribution >= 4 is 16.6 Å². The van der Waals surface area contributed by atoms with Crippen LogP contribution in [-0.2, 0) is 0 Å². The first-order chi connectivity index (χ1) is 14.7. The molecule has 9 heteroatoms. The molecule has 2 heterocycles. The zero-order valence-corrected chi connectivity index (χ0v) is 16.7. The van der Waals surface area contributed by atoms with E-state index in [-0.39, 0.29) is 23.2 Å². The molecule has 2 N–H and O–H groups in total. The summed E-state index contributed by atoms with van der Waals surface area (Å²) in [6.45, 7) is 1.07. The van der Waals surface area contributed by atoms with Crippen molar-refractivity contribution in [2.75, 3.05) is 18.5 Å². The third-order valence-corrected chi connectivity index (χ3v) is 5.59. The summed E-state index contributed by atoms with van der Waals surface area (Å²) in [5.74, 6) is -0.243. The van der Waals surface area contributed by atoms with Crippen molar-refractivity contribution in [2.45, 2.75) is 37.5 Å². The van der Waals surface area contributed by atoms with Gasteiger partial charge < -0.3 is 15.2 Å². The van der Waals surface area contributed by atoms with Gasteiger partial charge in [-0.25, -0.2) is 14.4 Å². The van der Waals surface area contributed by atoms with E-state index in [1.165, 1.54) is 12.3 Å². The van der Waals surface area contributed by atoms with Crippen molar-refractivity contribution in [1.82, 2.24) is 9.97 Å². The van der Waals surface area contributed by atoms with Crippen LogP contribution in [0.3, 0.4) is 0 Å². The lowest BCUT2D eigenvalue weighted by atomic mass is 9.82. The van der Waals surface area contributed by atoms with Crippen LogP contribution in [0.1, 0.15) is 30.1 Å². The van der Waals surface area contributed by atoms with Gasteiger partial charge in [0.25, 0.3) is 0 Å². The average molecular weight is 435 g/mol. The fourth-order valence-electron chi connectivity index (χ4n) is 3.89. The van der Waals surface area contributed by atoms with E-state index in [9.17, 15) is 22.7 Å². The van der Waals surface area contributed by atoms with Crippen LogP contribution in [0.5, 0.6) is 5.75 Å². The SMILES string of the molecule is Cc1ncc2c(NCC(O)(CC3CCOc4ccccc43)C(F)(F)F)ccc(F)c2n1. The van der Waals surface area contributed by atoms with Gasteiger partial charge in [-0.2, -0.15) is 13.2 Å². The number of benzene rings is 2. The molecule has 4 rings (SSSR count). The fraction of sp³-hybridized carbons (Fsp3) is 0.364. The number of halogens is 4. The number of aromatic nitrogens is 2. The van der Waals surface area contributed by atoms with E-state index in [0.717, 1.165) is 6.07 Å². The second-order valence-corrected chi connectivity index (χ2v) is 7.73. The highest BCUT2D eigenvalue weighted by Crippen LogP contribution is 2.43. The van der Waals surface area contributed by atoms with E-state index >= 15 is 0 Å². The molecule has 164 valence electrons. The summed E-state index contributed by atoms with van der Waals surface area (Å²) in [5, 5.41) is 13.6. The number of hydrogen-bond acceptors (Lipinski definition) is 5. The van der Waals surface area contributed by atoms with E-state index in [1.807, 2.05) is 0 Å². The molecule has 0 aliphatic carbocycles. The van der Waals surface area contributed by atoms with Crippen LogP contribution in [0.2, 0.25) is 0 Å². The molecule has 0 spiro atoms. The number of fused-ring (bicyclic) bond motifs is 2. The Morgan fingerprint density at radius 2 is 1.97 bits per heavy atom. The summed E-state index contributed by atoms with van der Waals surface area (Å²) in [6, 6.07) is 9.35. The molecule has 0 saturated carbocycles. The molecule has 2 unspecified atom stereocenters. The number of aliphatic hydroxyl groups is 1. The summed E-state index contributed by atoms with van der Waals surface area (Å²) in [6.07, 6.45) is -3.69. The van der Waals surface area contributed by atoms with Crippen molar-refractivity contribution < 1.29 is 27.4 Å². The summed E-state index contributed by atoms with van der Waals surface area (Å²) < 4.78 is 61.5. The van der Waals surface area contributed by atoms with Crippen LogP contribution < -0.4 is 10.1 Å². The number of para-hydroxylation sites is 1. The molecular weight excluding hydrogens is 414 g/mol. The Kier molecular flexibility index (Phi) is 5.47. The largest absolute Gasteiger partial charge is 0.493 e. The molecule has 0 amide bonds. The zero-order chi connectivity index (χ0) is 22.2. The lowest BCUT2D eigenvalue weighted by molar-refractivity contribution is -0.258. The number of hydrogen-bond donors (Lipinski definition) is 2. The fourth-order valence-corrected chi connectivity index (χ4v) is 3.89. The Morgan fingerprint density at radius 3 is 2.74 bits per heavy atom. The van der Waals surface area contributed by atoms with Gasteiger partial charge in [-0.1, -0.05) is 18.2 Å². The van der Waals surface area contributed by atoms with Crippen molar-refractivity contribution in [3.8, 4) is 5.75 Å². The van der Waals surface area contributed by atoms with Gasteiger partial charge in [0.2, 0.25) is 0 Å². The highest BCUT2D eigenvalue weighted by Gasteiger charge is 2.54. The van der Waals surface area contributed by atoms with E-state index < -0.39 is 36.5 Å². The first-order valence-corrected chi connectivity index (χ1v) is 9.84. The van der Waals surface area contributed by atoms with Crippen LogP contribution in [-0.4, -0.2) is 40.0 Å². The molecule has 0 radical (unpaired) electrons. The number of nitrogens with zero attached hydrogens (tertiary/aromatic N) is 2. The van der Waals surface area contributed by atoms with Gasteiger partial charge in [-0.15, -0.1) is 0 Å². The first kappa shape index (κ1) is 21.3. The maximum Gasteiger partial charge on any atom is 0.418 e. The topological polar surface area (TPSA) is 67.3 Å². The third kappa shape index (κ3) is 4.14. The van der Waals surface area contributed by atoms with Gasteiger partial charge in [0.1, 0.15) is 22.9 Å². The quantitative estimate of drug-likeness (QED) is 0.567. The molecular formula is C22H21F4N3O2. The maximum absolute atomic E-state index is 14.1. The Hall–Kier alpha value is -2.94. The van der Waals surface area contributed by atoms with Gasteiger partial charge in [-0.3, -0.25) is 0 Å². The Morgan fingerprint density at radius 1 is 1.19 bits per heavy atom. The molecule has 0 saturated heterocycles. The van der Waals surface area contributed by atoms with Gasteiger partial charge in [0.15, 0.2) is 5.60 Å². The van der Waals surface area contributed by atoms with Crippen molar-refractivity contribution in [3.63, 3.8) is 0 Å². The van der Waals surface area contributed by atoms with Crippen LogP contribution in [0.15, 0.2) is 42.6 Å². The van der Waals surface area contributed by atoms with Crippen molar-refractivity contribution in [2.24, 2.45) is 0 Å². The van der Waals surface area contributed by atoms with Crippen molar-refractivity contribution in [3.05, 3.63) is 59.8 Å². The zero-order valence-electron chi connectivity index (χ0n) is 16.7. The minimum absolute atomic E-state index is 0.00593. The summed E-state index contributed by atoms with van der Waals surface area (Å²) in [7, 11) is 0. The third-order valence-electron chi connectivity index (χ3n) is 5.59. The number of anilines is 1. The minimum atomic E-state index is -4.88. The van der Waals surface area contributed by atoms with E-state index in [2.05, 4.69) is 15.3 Å². The summed E-state index contributed by atoms with van der Waals surface area (Å²) in [4.78, 5) is 8.03. The lowest BCUT2D eigenvalue weighted by Gasteiger charge is -2.36. The Labute approximate surface area is 176 Å². The van der Waals surface area contributed by atoms with Crippen LogP contribution in [0.25, 0.3) is 10.9 Å². The van der Waals surface area contributed by atoms with Gasteiger partial charge in [0.05, 0.1) is 13.2 Å². The van der Waals surface area contributed by atoms with E-state index in [4.69, 9.17) is 4.74 Å². The summed E-state index contributed by atoms with van der Waals surface area (Å²) >= 11 is 0. The van der Waals surface area contributed by atoms with Gasteiger partial charge in [-0.05, 0) is 49.4 Å². The number of nitrogens with one attached hydrogen (secondary N) is 1. The lowest BCUT2D eigenvalue weighted by Crippen LogP contribution is -2.51. The van der Waals surface area contributed by atoms with E-state index in [1.54, 1.807) is 31.2 Å².